The largest absolute Gasteiger partial charge is 0.350 e. The fourth-order valence-electron chi connectivity index (χ4n) is 7.98. The van der Waals surface area contributed by atoms with E-state index >= 15 is 8.78 Å². The lowest BCUT2D eigenvalue weighted by molar-refractivity contribution is -0.123. The summed E-state index contributed by atoms with van der Waals surface area (Å²) >= 11 is 6.11. The summed E-state index contributed by atoms with van der Waals surface area (Å²) in [4.78, 5) is 45.8. The summed E-state index contributed by atoms with van der Waals surface area (Å²) in [6.45, 7) is 15.8. The van der Waals surface area contributed by atoms with Gasteiger partial charge in [0.05, 0.1) is 50.6 Å². The Balaban J connectivity index is 1.29. The van der Waals surface area contributed by atoms with Crippen LogP contribution in [0, 0.1) is 11.6 Å². The minimum Gasteiger partial charge on any atom is -0.350 e. The van der Waals surface area contributed by atoms with Gasteiger partial charge in [-0.1, -0.05) is 18.0 Å². The Morgan fingerprint density at radius 1 is 1.00 bits per heavy atom. The van der Waals surface area contributed by atoms with Crippen LogP contribution in [0.25, 0.3) is 22.3 Å². The third kappa shape index (κ3) is 5.93. The van der Waals surface area contributed by atoms with Gasteiger partial charge in [-0.3, -0.25) is 19.5 Å². The predicted molar refractivity (Wildman–Crippen MR) is 196 cm³/mol. The quantitative estimate of drug-likeness (QED) is 0.178. The van der Waals surface area contributed by atoms with Crippen LogP contribution in [-0.2, 0) is 10.2 Å². The van der Waals surface area contributed by atoms with Gasteiger partial charge < -0.3 is 20.1 Å². The van der Waals surface area contributed by atoms with Crippen LogP contribution in [0.4, 0.5) is 26.0 Å². The van der Waals surface area contributed by atoms with Crippen molar-refractivity contribution in [1.29, 1.82) is 0 Å². The van der Waals surface area contributed by atoms with E-state index in [-0.39, 0.29) is 46.6 Å². The average molecular weight is 719 g/mol. The van der Waals surface area contributed by atoms with Gasteiger partial charge in [-0.15, -0.1) is 0 Å². The zero-order valence-electron chi connectivity index (χ0n) is 30.2. The molecule has 0 unspecified atom stereocenters. The number of pyridine rings is 2. The first kappa shape index (κ1) is 35.3. The Hall–Kier alpha value is -4.16. The van der Waals surface area contributed by atoms with Crippen LogP contribution >= 0.6 is 11.6 Å². The second-order valence-electron chi connectivity index (χ2n) is 15.6. The number of aromatic nitrogens is 4. The molecule has 0 bridgehead atoms. The maximum absolute atomic E-state index is 15.5. The van der Waals surface area contributed by atoms with Gasteiger partial charge in [-0.25, -0.2) is 18.7 Å². The monoisotopic (exact) mass is 718 g/mol. The third-order valence-electron chi connectivity index (χ3n) is 10.8. The number of amides is 2. The SMILES string of the molecule is CC(C)NC(=O)c1cc(Nc2nc(-c3cnc4c(c3)N([C@H]3C[C@@](C)(N5CCCCC5)C3)C(=O)C4(C)C)cc3ncn(C(C)C)c23)c(F)c(F)c1Cl. The number of rotatable bonds is 8. The second-order valence-corrected chi connectivity index (χ2v) is 16.0. The van der Waals surface area contributed by atoms with Crippen molar-refractivity contribution in [3.8, 4) is 11.3 Å². The molecule has 1 aliphatic carbocycles. The first-order valence-electron chi connectivity index (χ1n) is 17.8. The molecular weight excluding hydrogens is 674 g/mol. The molecule has 1 aromatic carbocycles. The molecule has 2 aliphatic heterocycles. The highest BCUT2D eigenvalue weighted by atomic mass is 35.5. The smallest absolute Gasteiger partial charge is 0.253 e. The van der Waals surface area contributed by atoms with Gasteiger partial charge in [-0.2, -0.15) is 0 Å². The van der Waals surface area contributed by atoms with Gasteiger partial charge in [0.25, 0.3) is 5.91 Å². The molecule has 0 atom stereocenters. The topological polar surface area (TPSA) is 108 Å². The fourth-order valence-corrected chi connectivity index (χ4v) is 8.20. The van der Waals surface area contributed by atoms with Crippen LogP contribution in [0.2, 0.25) is 5.02 Å². The molecule has 3 aromatic heterocycles. The summed E-state index contributed by atoms with van der Waals surface area (Å²) < 4.78 is 32.5. The number of halogens is 3. The maximum atomic E-state index is 15.5. The molecule has 0 spiro atoms. The van der Waals surface area contributed by atoms with Crippen molar-refractivity contribution in [3.63, 3.8) is 0 Å². The van der Waals surface area contributed by atoms with E-state index < -0.39 is 28.0 Å². The van der Waals surface area contributed by atoms with E-state index in [9.17, 15) is 9.59 Å². The summed E-state index contributed by atoms with van der Waals surface area (Å²) in [5, 5.41) is 5.04. The molecule has 2 fully saturated rings. The van der Waals surface area contributed by atoms with Crippen LogP contribution in [0.5, 0.6) is 0 Å². The molecule has 2 N–H and O–H groups in total. The normalized spacial score (nSPS) is 21.8. The number of nitrogens with one attached hydrogen (secondary N) is 2. The van der Waals surface area contributed by atoms with E-state index in [4.69, 9.17) is 21.6 Å². The average Bonchev–Trinajstić information content (AvgIpc) is 3.60. The second kappa shape index (κ2) is 12.8. The molecule has 0 radical (unpaired) electrons. The molecule has 270 valence electrons. The predicted octanol–water partition coefficient (Wildman–Crippen LogP) is 7.92. The molecule has 10 nitrogen and oxygen atoms in total. The van der Waals surface area contributed by atoms with Gasteiger partial charge in [0.2, 0.25) is 5.91 Å². The number of hydrogen-bond acceptors (Lipinski definition) is 7. The zero-order chi connectivity index (χ0) is 36.6. The highest BCUT2D eigenvalue weighted by Gasteiger charge is 2.54. The first-order chi connectivity index (χ1) is 24.1. The Labute approximate surface area is 302 Å². The Morgan fingerprint density at radius 3 is 2.37 bits per heavy atom. The van der Waals surface area contributed by atoms with E-state index in [2.05, 4.69) is 27.4 Å². The first-order valence-corrected chi connectivity index (χ1v) is 18.2. The summed E-state index contributed by atoms with van der Waals surface area (Å²) in [6, 6.07) is 4.74. The lowest BCUT2D eigenvalue weighted by atomic mass is 9.71. The van der Waals surface area contributed by atoms with Gasteiger partial charge >= 0.3 is 0 Å². The fraction of sp³-hybridized carbons (Fsp3) is 0.500. The molecule has 7 rings (SSSR count). The number of hydrogen-bond donors (Lipinski definition) is 2. The van der Waals surface area contributed by atoms with Crippen molar-refractivity contribution < 1.29 is 18.4 Å². The van der Waals surface area contributed by atoms with Crippen LogP contribution in [0.15, 0.2) is 30.7 Å². The lowest BCUT2D eigenvalue weighted by Gasteiger charge is -2.55. The van der Waals surface area contributed by atoms with Crippen molar-refractivity contribution in [2.24, 2.45) is 0 Å². The number of likely N-dealkylation sites (tertiary alicyclic amines) is 1. The Morgan fingerprint density at radius 2 is 1.71 bits per heavy atom. The number of piperidine rings is 1. The molecule has 4 aromatic rings. The minimum absolute atomic E-state index is 0.0341. The van der Waals surface area contributed by atoms with E-state index in [1.54, 1.807) is 26.4 Å². The van der Waals surface area contributed by atoms with E-state index in [0.717, 1.165) is 37.3 Å². The van der Waals surface area contributed by atoms with Crippen molar-refractivity contribution >= 4 is 51.6 Å². The molecule has 2 amide bonds. The molecule has 1 saturated heterocycles. The number of anilines is 3. The number of carbonyl (C=O) groups excluding carboxylic acids is 2. The van der Waals surface area contributed by atoms with E-state index in [1.807, 2.05) is 49.3 Å². The number of carbonyl (C=O) groups is 2. The van der Waals surface area contributed by atoms with Crippen molar-refractivity contribution in [1.82, 2.24) is 29.7 Å². The molecule has 1 saturated carbocycles. The molecule has 51 heavy (non-hydrogen) atoms. The molecular formula is C38H45ClF2N8O2. The zero-order valence-corrected chi connectivity index (χ0v) is 31.0. The summed E-state index contributed by atoms with van der Waals surface area (Å²) in [5.74, 6) is -2.99. The molecule has 5 heterocycles. The van der Waals surface area contributed by atoms with Crippen molar-refractivity contribution in [2.45, 2.75) is 110 Å². The number of imidazole rings is 1. The third-order valence-corrected chi connectivity index (χ3v) is 11.1. The Bertz CT molecular complexity index is 2050. The molecule has 3 aliphatic rings. The van der Waals surface area contributed by atoms with Crippen LogP contribution in [-0.4, -0.2) is 66.9 Å². The lowest BCUT2D eigenvalue weighted by Crippen LogP contribution is -2.64. The van der Waals surface area contributed by atoms with Crippen LogP contribution in [0.1, 0.15) is 103 Å². The van der Waals surface area contributed by atoms with Crippen molar-refractivity contribution in [2.75, 3.05) is 23.3 Å². The highest BCUT2D eigenvalue weighted by molar-refractivity contribution is 6.34. The summed E-state index contributed by atoms with van der Waals surface area (Å²) in [7, 11) is 0. The van der Waals surface area contributed by atoms with Crippen LogP contribution < -0.4 is 15.5 Å². The maximum Gasteiger partial charge on any atom is 0.253 e. The standard InChI is InChI=1S/C38H45ClF2N8O2/c1-20(2)44-35(50)24-14-26(30(40)31(41)29(24)39)46-34-32-27(43-19-48(32)21(3)4)15-25(45-34)22-13-28-33(42-18-22)37(5,6)36(51)49(28)23-16-38(7,17-23)47-11-9-8-10-12-47/h13-15,18-21,23H,8-12,16-17H2,1-7H3,(H,44,50)(H,45,46)/t23-,38+. The summed E-state index contributed by atoms with van der Waals surface area (Å²) in [5.41, 5.74) is 2.50. The Kier molecular flexibility index (Phi) is 8.85. The minimum atomic E-state index is -1.34. The number of nitrogens with zero attached hydrogens (tertiary/aromatic N) is 6. The highest BCUT2D eigenvalue weighted by Crippen LogP contribution is 2.50. The van der Waals surface area contributed by atoms with Gasteiger partial charge in [-0.05, 0) is 105 Å². The molecule has 13 heteroatoms. The van der Waals surface area contributed by atoms with Gasteiger partial charge in [0.1, 0.15) is 5.52 Å². The van der Waals surface area contributed by atoms with E-state index in [1.165, 1.54) is 25.3 Å². The number of benzene rings is 1. The summed E-state index contributed by atoms with van der Waals surface area (Å²) in [6.07, 6.45) is 8.85. The van der Waals surface area contributed by atoms with Crippen molar-refractivity contribution in [3.05, 3.63) is 58.6 Å². The van der Waals surface area contributed by atoms with Gasteiger partial charge in [0.15, 0.2) is 17.5 Å². The van der Waals surface area contributed by atoms with Crippen LogP contribution in [0.3, 0.4) is 0 Å². The van der Waals surface area contributed by atoms with Gasteiger partial charge in [0, 0.05) is 35.4 Å². The number of fused-ring (bicyclic) bond motifs is 2. The van der Waals surface area contributed by atoms with E-state index in [0.29, 0.717) is 22.3 Å².